The fourth-order valence-electron chi connectivity index (χ4n) is 4.64. The van der Waals surface area contributed by atoms with Gasteiger partial charge in [0.25, 0.3) is 0 Å². The zero-order chi connectivity index (χ0) is 30.6. The second-order valence-electron chi connectivity index (χ2n) is 10.6. The van der Waals surface area contributed by atoms with Crippen LogP contribution in [0.1, 0.15) is 55.8 Å². The molecule has 2 atom stereocenters. The summed E-state index contributed by atoms with van der Waals surface area (Å²) in [5, 5.41) is 15.3. The van der Waals surface area contributed by atoms with Gasteiger partial charge in [-0.05, 0) is 66.3 Å². The fraction of sp³-hybridized carbons (Fsp3) is 0.364. The van der Waals surface area contributed by atoms with Gasteiger partial charge in [0.05, 0.1) is 26.7 Å². The second kappa shape index (κ2) is 15.5. The van der Waals surface area contributed by atoms with E-state index in [2.05, 4.69) is 10.6 Å². The van der Waals surface area contributed by atoms with Crippen LogP contribution in [0.3, 0.4) is 0 Å². The highest BCUT2D eigenvalue weighted by Crippen LogP contribution is 2.31. The Morgan fingerprint density at radius 2 is 1.55 bits per heavy atom. The van der Waals surface area contributed by atoms with E-state index in [9.17, 15) is 19.5 Å². The minimum absolute atomic E-state index is 0.0477. The van der Waals surface area contributed by atoms with Crippen molar-refractivity contribution in [3.63, 3.8) is 0 Å². The van der Waals surface area contributed by atoms with Crippen molar-refractivity contribution >= 4 is 23.5 Å². The molecular weight excluding hydrogens is 536 g/mol. The van der Waals surface area contributed by atoms with Gasteiger partial charge in [0.1, 0.15) is 12.4 Å². The lowest BCUT2D eigenvalue weighted by atomic mass is 9.92. The number of benzene rings is 3. The summed E-state index contributed by atoms with van der Waals surface area (Å²) in [5.41, 5.74) is 3.17. The van der Waals surface area contributed by atoms with Gasteiger partial charge >= 0.3 is 5.97 Å². The number of para-hydroxylation sites is 1. The highest BCUT2D eigenvalue weighted by atomic mass is 16.5. The molecule has 3 aromatic rings. The molecule has 0 aliphatic rings. The minimum Gasteiger partial charge on any atom is -0.493 e. The normalized spacial score (nSPS) is 12.2. The number of aliphatic carboxylic acids is 1. The summed E-state index contributed by atoms with van der Waals surface area (Å²) in [6.45, 7) is 6.33. The predicted octanol–water partition coefficient (Wildman–Crippen LogP) is 5.91. The van der Waals surface area contributed by atoms with Crippen LogP contribution in [0, 0.1) is 18.8 Å². The molecule has 0 bridgehead atoms. The lowest BCUT2D eigenvalue weighted by Crippen LogP contribution is -2.37. The number of aryl methyl sites for hydroxylation is 1. The molecule has 42 heavy (non-hydrogen) atoms. The summed E-state index contributed by atoms with van der Waals surface area (Å²) in [4.78, 5) is 38.0. The lowest BCUT2D eigenvalue weighted by Gasteiger charge is -2.24. The lowest BCUT2D eigenvalue weighted by molar-refractivity contribution is -0.138. The molecule has 9 heteroatoms. The molecule has 224 valence electrons. The Morgan fingerprint density at radius 1 is 0.857 bits per heavy atom. The van der Waals surface area contributed by atoms with Gasteiger partial charge in [-0.3, -0.25) is 14.4 Å². The highest BCUT2D eigenvalue weighted by Gasteiger charge is 2.27. The van der Waals surface area contributed by atoms with E-state index >= 15 is 0 Å². The number of anilines is 1. The molecule has 2 amide bonds. The molecule has 0 aliphatic carbocycles. The largest absolute Gasteiger partial charge is 0.493 e. The van der Waals surface area contributed by atoms with Crippen molar-refractivity contribution < 1.29 is 33.7 Å². The quantitative estimate of drug-likeness (QED) is 0.205. The number of rotatable bonds is 15. The van der Waals surface area contributed by atoms with Gasteiger partial charge in [0, 0.05) is 18.0 Å². The van der Waals surface area contributed by atoms with Crippen LogP contribution in [-0.4, -0.2) is 37.1 Å². The Balaban J connectivity index is 1.65. The first-order valence-electron chi connectivity index (χ1n) is 13.9. The third-order valence-corrected chi connectivity index (χ3v) is 6.79. The van der Waals surface area contributed by atoms with Gasteiger partial charge in [0.15, 0.2) is 11.5 Å². The minimum atomic E-state index is -1.07. The Hall–Kier alpha value is -4.53. The number of ether oxygens (including phenoxy) is 3. The first-order valence-corrected chi connectivity index (χ1v) is 13.9. The number of carboxylic acid groups (broad SMARTS) is 1. The molecule has 3 aromatic carbocycles. The van der Waals surface area contributed by atoms with Crippen LogP contribution in [0.4, 0.5) is 5.69 Å². The molecule has 0 saturated carbocycles. The fourth-order valence-corrected chi connectivity index (χ4v) is 4.64. The second-order valence-corrected chi connectivity index (χ2v) is 10.6. The standard InChI is InChI=1S/C33H40N2O7/c1-21(2)16-25(33(39)35-27(19-32(37)38)24-12-15-29(40-4)30(17-24)41-5)18-31(36)34-26-13-10-23(11-14-26)20-42-28-9-7-6-8-22(28)3/h6-15,17,21,25,27H,16,18-20H2,1-5H3,(H,34,36)(H,35,39)(H,37,38)/t25-,27?/m1/s1. The summed E-state index contributed by atoms with van der Waals surface area (Å²) in [7, 11) is 2.99. The Labute approximate surface area is 247 Å². The molecule has 3 rings (SSSR count). The Bertz CT molecular complexity index is 1350. The van der Waals surface area contributed by atoms with E-state index in [0.717, 1.165) is 16.9 Å². The number of carbonyl (C=O) groups excluding carboxylic acids is 2. The van der Waals surface area contributed by atoms with Crippen LogP contribution in [0.25, 0.3) is 0 Å². The topological polar surface area (TPSA) is 123 Å². The van der Waals surface area contributed by atoms with E-state index in [1.54, 1.807) is 30.3 Å². The SMILES string of the molecule is COc1ccc(C(CC(=O)O)NC(=O)[C@@H](CC(=O)Nc2ccc(COc3ccccc3C)cc2)CC(C)C)cc1OC. The molecule has 3 N–H and O–H groups in total. The summed E-state index contributed by atoms with van der Waals surface area (Å²) in [5.74, 6) is -0.539. The van der Waals surface area contributed by atoms with Gasteiger partial charge in [-0.15, -0.1) is 0 Å². The first kappa shape index (κ1) is 32.0. The number of methoxy groups -OCH3 is 2. The molecular formula is C33H40N2O7. The van der Waals surface area contributed by atoms with Crippen molar-refractivity contribution in [3.8, 4) is 17.2 Å². The van der Waals surface area contributed by atoms with Crippen LogP contribution in [0.5, 0.6) is 17.2 Å². The number of carboxylic acids is 1. The molecule has 0 fully saturated rings. The summed E-state index contributed by atoms with van der Waals surface area (Å²) < 4.78 is 16.5. The average Bonchev–Trinajstić information content (AvgIpc) is 2.96. The number of carbonyl (C=O) groups is 3. The molecule has 0 spiro atoms. The number of amides is 2. The van der Waals surface area contributed by atoms with Crippen molar-refractivity contribution in [1.29, 1.82) is 0 Å². The average molecular weight is 577 g/mol. The van der Waals surface area contributed by atoms with Crippen LogP contribution in [-0.2, 0) is 21.0 Å². The van der Waals surface area contributed by atoms with E-state index in [4.69, 9.17) is 14.2 Å². The predicted molar refractivity (Wildman–Crippen MR) is 161 cm³/mol. The molecule has 0 radical (unpaired) electrons. The van der Waals surface area contributed by atoms with Crippen molar-refractivity contribution in [2.24, 2.45) is 11.8 Å². The van der Waals surface area contributed by atoms with Crippen molar-refractivity contribution in [1.82, 2.24) is 5.32 Å². The van der Waals surface area contributed by atoms with Crippen LogP contribution in [0.15, 0.2) is 66.7 Å². The molecule has 0 aliphatic heterocycles. The van der Waals surface area contributed by atoms with Gasteiger partial charge in [-0.2, -0.15) is 0 Å². The van der Waals surface area contributed by atoms with Gasteiger partial charge < -0.3 is 30.0 Å². The highest BCUT2D eigenvalue weighted by molar-refractivity contribution is 5.94. The van der Waals surface area contributed by atoms with Crippen molar-refractivity contribution in [2.45, 2.75) is 52.7 Å². The van der Waals surface area contributed by atoms with E-state index in [1.807, 2.05) is 57.2 Å². The number of nitrogens with one attached hydrogen (secondary N) is 2. The summed E-state index contributed by atoms with van der Waals surface area (Å²) >= 11 is 0. The first-order chi connectivity index (χ1) is 20.1. The van der Waals surface area contributed by atoms with Gasteiger partial charge in [-0.1, -0.05) is 50.2 Å². The smallest absolute Gasteiger partial charge is 0.305 e. The third-order valence-electron chi connectivity index (χ3n) is 6.79. The molecule has 1 unspecified atom stereocenters. The maximum atomic E-state index is 13.4. The zero-order valence-electron chi connectivity index (χ0n) is 24.8. The van der Waals surface area contributed by atoms with E-state index in [1.165, 1.54) is 14.2 Å². The molecule has 0 saturated heterocycles. The number of hydrogen-bond donors (Lipinski definition) is 3. The van der Waals surface area contributed by atoms with Gasteiger partial charge in [-0.25, -0.2) is 0 Å². The van der Waals surface area contributed by atoms with Crippen LogP contribution >= 0.6 is 0 Å². The Morgan fingerprint density at radius 3 is 2.17 bits per heavy atom. The number of hydrogen-bond acceptors (Lipinski definition) is 6. The van der Waals surface area contributed by atoms with E-state index in [0.29, 0.717) is 35.8 Å². The maximum Gasteiger partial charge on any atom is 0.305 e. The zero-order valence-corrected chi connectivity index (χ0v) is 24.8. The van der Waals surface area contributed by atoms with Crippen molar-refractivity contribution in [2.75, 3.05) is 19.5 Å². The maximum absolute atomic E-state index is 13.4. The Kier molecular flexibility index (Phi) is 11.8. The molecule has 9 nitrogen and oxygen atoms in total. The van der Waals surface area contributed by atoms with E-state index in [-0.39, 0.29) is 30.6 Å². The van der Waals surface area contributed by atoms with Crippen LogP contribution < -0.4 is 24.8 Å². The van der Waals surface area contributed by atoms with Crippen molar-refractivity contribution in [3.05, 3.63) is 83.4 Å². The third kappa shape index (κ3) is 9.54. The molecule has 0 aromatic heterocycles. The van der Waals surface area contributed by atoms with Gasteiger partial charge in [0.2, 0.25) is 11.8 Å². The summed E-state index contributed by atoms with van der Waals surface area (Å²) in [6.07, 6.45) is 0.0791. The summed E-state index contributed by atoms with van der Waals surface area (Å²) in [6, 6.07) is 19.3. The van der Waals surface area contributed by atoms with Crippen LogP contribution in [0.2, 0.25) is 0 Å². The van der Waals surface area contributed by atoms with E-state index < -0.39 is 17.9 Å². The monoisotopic (exact) mass is 576 g/mol. The molecule has 0 heterocycles.